The summed E-state index contributed by atoms with van der Waals surface area (Å²) in [5.41, 5.74) is 30.1. The van der Waals surface area contributed by atoms with E-state index in [9.17, 15) is 57.8 Å². The van der Waals surface area contributed by atoms with E-state index >= 15 is 0 Å². The summed E-state index contributed by atoms with van der Waals surface area (Å²) in [5, 5.41) is 39.6. The molecule has 1 aliphatic heterocycles. The van der Waals surface area contributed by atoms with Crippen LogP contribution >= 0.6 is 0 Å². The molecule has 0 bridgehead atoms. The van der Waals surface area contributed by atoms with Crippen LogP contribution in [0.1, 0.15) is 131 Å². The molecule has 11 amide bonds. The molecule has 12 atom stereocenters. The van der Waals surface area contributed by atoms with Gasteiger partial charge >= 0.3 is 0 Å². The van der Waals surface area contributed by atoms with Crippen LogP contribution < -0.4 is 87.2 Å². The largest absolute Gasteiger partial charge is 0.391 e. The number of nitrogens with one attached hydrogen (secondary N) is 11. The highest BCUT2D eigenvalue weighted by molar-refractivity contribution is 5.99. The van der Waals surface area contributed by atoms with Crippen LogP contribution in [0.25, 0.3) is 0 Å². The van der Waals surface area contributed by atoms with E-state index in [4.69, 9.17) is 28.7 Å². The third-order valence-corrected chi connectivity index (χ3v) is 14.4. The van der Waals surface area contributed by atoms with Gasteiger partial charge in [0.1, 0.15) is 60.4 Å². The van der Waals surface area contributed by atoms with Crippen molar-refractivity contribution in [1.82, 2.24) is 58.5 Å². The Morgan fingerprint density at radius 2 is 1.06 bits per heavy atom. The number of aliphatic hydroxyl groups excluding tert-OH is 1. The number of hydrogen-bond donors (Lipinski definition) is 17. The van der Waals surface area contributed by atoms with Crippen molar-refractivity contribution in [3.05, 3.63) is 35.9 Å². The SMILES string of the molecule is CC[C@H](C)CCCCC(=O)N[C@@H](CCN)C(=O)N[C@H](C(=O)N[C@@H](CCN)C(=O)N[C@H]1CCNC(=O)[C@H](C(C)C)NC(=O)[C@H](CCN)NC(=O)[C@H](CCN)NC(=O)[C@H](CC(C)C)NC(=O)[C@@H](Cc2ccccc2)NC(=O)[C@H](CCN)NC1=O)[C@@H](C)O. The van der Waals surface area contributed by atoms with Crippen molar-refractivity contribution in [2.24, 2.45) is 46.4 Å². The number of rotatable bonds is 29. The minimum Gasteiger partial charge on any atom is -0.391 e. The molecule has 85 heavy (non-hydrogen) atoms. The van der Waals surface area contributed by atoms with E-state index in [1.54, 1.807) is 58.0 Å². The minimum absolute atomic E-state index is 0.00494. The molecule has 0 spiro atoms. The monoisotopic (exact) mass is 1200 g/mol. The molecule has 0 aromatic heterocycles. The zero-order valence-corrected chi connectivity index (χ0v) is 50.7. The quantitative estimate of drug-likeness (QED) is 0.0340. The Labute approximate surface area is 499 Å². The van der Waals surface area contributed by atoms with Crippen LogP contribution in [0.4, 0.5) is 0 Å². The summed E-state index contributed by atoms with van der Waals surface area (Å²) in [6.07, 6.45) is 0.889. The maximum absolute atomic E-state index is 14.6. The molecule has 1 fully saturated rings. The van der Waals surface area contributed by atoms with Gasteiger partial charge in [-0.3, -0.25) is 52.7 Å². The van der Waals surface area contributed by atoms with Crippen molar-refractivity contribution in [3.63, 3.8) is 0 Å². The smallest absolute Gasteiger partial charge is 0.245 e. The molecule has 22 N–H and O–H groups in total. The summed E-state index contributed by atoms with van der Waals surface area (Å²) < 4.78 is 0. The van der Waals surface area contributed by atoms with Gasteiger partial charge in [-0.2, -0.15) is 0 Å². The van der Waals surface area contributed by atoms with Crippen molar-refractivity contribution >= 4 is 65.0 Å². The first kappa shape index (κ1) is 74.3. The average molecular weight is 1200 g/mol. The molecule has 1 aliphatic rings. The second-order valence-electron chi connectivity index (χ2n) is 22.6. The molecular formula is C57H100N16O12. The predicted octanol–water partition coefficient (Wildman–Crippen LogP) is -3.97. The Morgan fingerprint density at radius 3 is 1.56 bits per heavy atom. The lowest BCUT2D eigenvalue weighted by Crippen LogP contribution is -2.62. The van der Waals surface area contributed by atoms with Crippen LogP contribution in [-0.4, -0.2) is 176 Å². The van der Waals surface area contributed by atoms with E-state index in [1.165, 1.54) is 6.92 Å². The van der Waals surface area contributed by atoms with Crippen LogP contribution in [0.5, 0.6) is 0 Å². The van der Waals surface area contributed by atoms with Gasteiger partial charge in [-0.15, -0.1) is 0 Å². The van der Waals surface area contributed by atoms with Gasteiger partial charge < -0.3 is 92.3 Å². The molecule has 0 aliphatic carbocycles. The number of hydrogen-bond acceptors (Lipinski definition) is 17. The first-order valence-corrected chi connectivity index (χ1v) is 29.9. The van der Waals surface area contributed by atoms with Crippen molar-refractivity contribution in [2.45, 2.75) is 198 Å². The van der Waals surface area contributed by atoms with E-state index < -0.39 is 137 Å². The molecule has 28 heteroatoms. The number of carbonyl (C=O) groups excluding carboxylic acids is 11. The lowest BCUT2D eigenvalue weighted by Gasteiger charge is -2.29. The lowest BCUT2D eigenvalue weighted by atomic mass is 10.00. The molecule has 1 aromatic carbocycles. The Hall–Kier alpha value is -6.85. The fourth-order valence-electron chi connectivity index (χ4n) is 9.25. The third kappa shape index (κ3) is 27.0. The number of carbonyl (C=O) groups is 11. The highest BCUT2D eigenvalue weighted by Gasteiger charge is 2.37. The summed E-state index contributed by atoms with van der Waals surface area (Å²) in [5.74, 6) is -9.30. The number of benzene rings is 1. The topological polar surface area (TPSA) is 470 Å². The van der Waals surface area contributed by atoms with Crippen LogP contribution in [0.2, 0.25) is 0 Å². The van der Waals surface area contributed by atoms with Crippen LogP contribution in [-0.2, 0) is 59.2 Å². The van der Waals surface area contributed by atoms with Crippen LogP contribution in [0.3, 0.4) is 0 Å². The Bertz CT molecular complexity index is 2310. The van der Waals surface area contributed by atoms with Gasteiger partial charge in [0, 0.05) is 19.4 Å². The highest BCUT2D eigenvalue weighted by Crippen LogP contribution is 2.14. The minimum atomic E-state index is -1.68. The second kappa shape index (κ2) is 39.7. The third-order valence-electron chi connectivity index (χ3n) is 14.4. The molecule has 28 nitrogen and oxygen atoms in total. The zero-order chi connectivity index (χ0) is 63.8. The van der Waals surface area contributed by atoms with Gasteiger partial charge in [0.05, 0.1) is 6.10 Å². The summed E-state index contributed by atoms with van der Waals surface area (Å²) in [4.78, 5) is 154. The molecular weight excluding hydrogens is 1100 g/mol. The van der Waals surface area contributed by atoms with Gasteiger partial charge in [-0.1, -0.05) is 91.1 Å². The highest BCUT2D eigenvalue weighted by atomic mass is 16.3. The maximum Gasteiger partial charge on any atom is 0.245 e. The van der Waals surface area contributed by atoms with Crippen molar-refractivity contribution in [1.29, 1.82) is 0 Å². The van der Waals surface area contributed by atoms with E-state index in [2.05, 4.69) is 72.3 Å². The molecule has 0 saturated carbocycles. The summed E-state index contributed by atoms with van der Waals surface area (Å²) in [6, 6.07) is -5.35. The number of unbranched alkanes of at least 4 members (excludes halogenated alkanes) is 1. The molecule has 2 rings (SSSR count). The van der Waals surface area contributed by atoms with Gasteiger partial charge in [-0.05, 0) is 114 Å². The second-order valence-corrected chi connectivity index (χ2v) is 22.6. The average Bonchev–Trinajstić information content (AvgIpc) is 3.67. The first-order chi connectivity index (χ1) is 40.3. The summed E-state index contributed by atoms with van der Waals surface area (Å²) >= 11 is 0. The number of amides is 11. The van der Waals surface area contributed by atoms with Gasteiger partial charge in [0.15, 0.2) is 0 Å². The van der Waals surface area contributed by atoms with Gasteiger partial charge in [0.2, 0.25) is 65.0 Å². The van der Waals surface area contributed by atoms with Crippen molar-refractivity contribution in [3.8, 4) is 0 Å². The Balaban J connectivity index is 2.67. The number of aliphatic hydroxyl groups is 1. The Morgan fingerprint density at radius 1 is 0.565 bits per heavy atom. The van der Waals surface area contributed by atoms with E-state index in [1.807, 2.05) is 0 Å². The molecule has 0 radical (unpaired) electrons. The lowest BCUT2D eigenvalue weighted by molar-refractivity contribution is -0.137. The standard InChI is InChI=1S/C57H100N16O12/c1-8-34(6)14-12-13-17-45(75)64-37(18-24-58)52(80)73-47(35(7)74)57(85)69-40(21-27-61)49(77)68-42-23-29-63-56(84)46(33(4)5)72-53(81)41(22-28-62)66-48(76)38(19-25-59)67-54(82)43(30-32(2)3)70-55(83)44(31-36-15-10-9-11-16-36)71-50(78)39(20-26-60)65-51(42)79/h9-11,15-16,32-35,37-44,46-47,74H,8,12-14,17-31,58-62H2,1-7H3,(H,63,84)(H,64,75)(H,65,79)(H,66,76)(H,67,82)(H,68,77)(H,69,85)(H,70,83)(H,71,78)(H,72,81)(H,73,80)/t34-,35+,37-,38-,39-,40-,41-,42-,43-,44+,46-,47-/m0/s1. The van der Waals surface area contributed by atoms with Gasteiger partial charge in [0.25, 0.3) is 0 Å². The molecule has 1 aromatic rings. The number of nitrogens with two attached hydrogens (primary N) is 5. The molecule has 480 valence electrons. The fraction of sp³-hybridized carbons (Fsp3) is 0.702. The molecule has 1 heterocycles. The molecule has 0 unspecified atom stereocenters. The summed E-state index contributed by atoms with van der Waals surface area (Å²) in [7, 11) is 0. The Kier molecular flexibility index (Phi) is 34.7. The molecule has 1 saturated heterocycles. The van der Waals surface area contributed by atoms with Crippen molar-refractivity contribution in [2.75, 3.05) is 39.3 Å². The van der Waals surface area contributed by atoms with E-state index in [0.29, 0.717) is 17.9 Å². The van der Waals surface area contributed by atoms with Gasteiger partial charge in [-0.25, -0.2) is 0 Å². The van der Waals surface area contributed by atoms with E-state index in [-0.39, 0.29) is 103 Å². The first-order valence-electron chi connectivity index (χ1n) is 29.9. The normalized spacial score (nSPS) is 22.6. The van der Waals surface area contributed by atoms with E-state index in [0.717, 1.165) is 19.3 Å². The van der Waals surface area contributed by atoms with Crippen LogP contribution in [0.15, 0.2) is 30.3 Å². The zero-order valence-electron chi connectivity index (χ0n) is 50.7. The maximum atomic E-state index is 14.6. The summed E-state index contributed by atoms with van der Waals surface area (Å²) in [6.45, 7) is 11.4. The van der Waals surface area contributed by atoms with Crippen molar-refractivity contribution < 1.29 is 57.8 Å². The van der Waals surface area contributed by atoms with Crippen LogP contribution in [0, 0.1) is 17.8 Å². The fourth-order valence-corrected chi connectivity index (χ4v) is 9.25. The predicted molar refractivity (Wildman–Crippen MR) is 319 cm³/mol.